The molecule has 0 aliphatic rings. The van der Waals surface area contributed by atoms with Crippen LogP contribution in [0.4, 0.5) is 0 Å². The maximum absolute atomic E-state index is 11.9. The second-order valence-electron chi connectivity index (χ2n) is 5.81. The summed E-state index contributed by atoms with van der Waals surface area (Å²) in [5.74, 6) is 0.239. The normalized spacial score (nSPS) is 12.9. The Morgan fingerprint density at radius 1 is 1.26 bits per heavy atom. The maximum atomic E-state index is 11.9. The molecule has 2 amide bonds. The maximum Gasteiger partial charge on any atom is 0.248 e. The summed E-state index contributed by atoms with van der Waals surface area (Å²) in [6.45, 7) is 6.60. The van der Waals surface area contributed by atoms with Crippen molar-refractivity contribution in [3.8, 4) is 5.75 Å². The minimum atomic E-state index is -0.485. The number of carbonyl (C=O) groups excluding carboxylic acids is 2. The molecule has 0 aliphatic carbocycles. The summed E-state index contributed by atoms with van der Waals surface area (Å²) in [5, 5.41) is 2.95. The number of nitrogens with two attached hydrogens (primary N) is 2. The minimum Gasteiger partial charge on any atom is -0.493 e. The summed E-state index contributed by atoms with van der Waals surface area (Å²) in [4.78, 5) is 22.9. The average Bonchev–Trinajstić information content (AvgIpc) is 2.47. The standard InChI is InChI=1S/C16H25N3O3.ClH/c1-11(2)16(3,10-17)19-14(20)8-9-22-13-6-4-12(5-7-13)15(18)21;/h4-7,11H,8-10,17H2,1-3H3,(H2,18,21)(H,19,20);1H. The second-order valence-corrected chi connectivity index (χ2v) is 5.81. The SMILES string of the molecule is CC(C)C(C)(CN)NC(=O)CCOc1ccc(C(N)=O)cc1.Cl. The third-order valence-electron chi connectivity index (χ3n) is 3.86. The van der Waals surface area contributed by atoms with E-state index in [1.165, 1.54) is 0 Å². The van der Waals surface area contributed by atoms with Crippen LogP contribution in [0, 0.1) is 5.92 Å². The number of benzene rings is 1. The topological polar surface area (TPSA) is 107 Å². The quantitative estimate of drug-likeness (QED) is 0.664. The molecule has 130 valence electrons. The Balaban J connectivity index is 0.00000484. The molecule has 0 bridgehead atoms. The van der Waals surface area contributed by atoms with Crippen molar-refractivity contribution in [1.82, 2.24) is 5.32 Å². The summed E-state index contributed by atoms with van der Waals surface area (Å²) in [5.41, 5.74) is 10.9. The molecule has 23 heavy (non-hydrogen) atoms. The number of hydrogen-bond acceptors (Lipinski definition) is 4. The monoisotopic (exact) mass is 343 g/mol. The van der Waals surface area contributed by atoms with Gasteiger partial charge in [-0.1, -0.05) is 13.8 Å². The molecule has 6 nitrogen and oxygen atoms in total. The molecular formula is C16H26ClN3O3. The zero-order valence-electron chi connectivity index (χ0n) is 13.8. The van der Waals surface area contributed by atoms with E-state index in [4.69, 9.17) is 16.2 Å². The van der Waals surface area contributed by atoms with Crippen LogP contribution in [0.1, 0.15) is 37.6 Å². The first kappa shape index (κ1) is 21.2. The van der Waals surface area contributed by atoms with E-state index in [-0.39, 0.29) is 37.3 Å². The predicted molar refractivity (Wildman–Crippen MR) is 92.8 cm³/mol. The number of ether oxygens (including phenoxy) is 1. The van der Waals surface area contributed by atoms with Gasteiger partial charge in [0.1, 0.15) is 5.75 Å². The van der Waals surface area contributed by atoms with Crippen LogP contribution < -0.4 is 21.5 Å². The Labute approximate surface area is 143 Å². The van der Waals surface area contributed by atoms with Gasteiger partial charge in [0.25, 0.3) is 0 Å². The van der Waals surface area contributed by atoms with Crippen LogP contribution in [-0.2, 0) is 4.79 Å². The third kappa shape index (κ3) is 6.46. The van der Waals surface area contributed by atoms with E-state index in [0.717, 1.165) is 0 Å². The van der Waals surface area contributed by atoms with Crippen molar-refractivity contribution < 1.29 is 14.3 Å². The molecular weight excluding hydrogens is 318 g/mol. The molecule has 0 aliphatic heterocycles. The van der Waals surface area contributed by atoms with Crippen molar-refractivity contribution in [2.24, 2.45) is 17.4 Å². The highest BCUT2D eigenvalue weighted by Gasteiger charge is 2.28. The lowest BCUT2D eigenvalue weighted by Gasteiger charge is -2.33. The van der Waals surface area contributed by atoms with Crippen LogP contribution in [0.25, 0.3) is 0 Å². The Kier molecular flexibility index (Phi) is 8.64. The van der Waals surface area contributed by atoms with Crippen LogP contribution in [0.5, 0.6) is 5.75 Å². The van der Waals surface area contributed by atoms with E-state index in [9.17, 15) is 9.59 Å². The van der Waals surface area contributed by atoms with Crippen molar-refractivity contribution in [3.05, 3.63) is 29.8 Å². The van der Waals surface area contributed by atoms with E-state index in [1.54, 1.807) is 24.3 Å². The zero-order valence-corrected chi connectivity index (χ0v) is 14.6. The molecule has 1 atom stereocenters. The molecule has 0 aromatic heterocycles. The van der Waals surface area contributed by atoms with Gasteiger partial charge in [-0.25, -0.2) is 0 Å². The van der Waals surface area contributed by atoms with Gasteiger partial charge in [-0.2, -0.15) is 0 Å². The van der Waals surface area contributed by atoms with Gasteiger partial charge in [-0.15, -0.1) is 12.4 Å². The fourth-order valence-corrected chi connectivity index (χ4v) is 1.79. The molecule has 1 unspecified atom stereocenters. The fourth-order valence-electron chi connectivity index (χ4n) is 1.79. The van der Waals surface area contributed by atoms with E-state index in [0.29, 0.717) is 17.9 Å². The van der Waals surface area contributed by atoms with Crippen LogP contribution >= 0.6 is 12.4 Å². The van der Waals surface area contributed by atoms with Crippen LogP contribution in [0.2, 0.25) is 0 Å². The van der Waals surface area contributed by atoms with Crippen LogP contribution in [0.15, 0.2) is 24.3 Å². The first-order chi connectivity index (χ1) is 10.3. The molecule has 0 saturated heterocycles. The minimum absolute atomic E-state index is 0. The smallest absolute Gasteiger partial charge is 0.248 e. The highest BCUT2D eigenvalue weighted by atomic mass is 35.5. The summed E-state index contributed by atoms with van der Waals surface area (Å²) in [7, 11) is 0. The summed E-state index contributed by atoms with van der Waals surface area (Å²) >= 11 is 0. The van der Waals surface area contributed by atoms with Gasteiger partial charge in [-0.05, 0) is 37.1 Å². The van der Waals surface area contributed by atoms with Crippen molar-refractivity contribution in [2.45, 2.75) is 32.7 Å². The second kappa shape index (κ2) is 9.37. The average molecular weight is 344 g/mol. The molecule has 0 saturated carbocycles. The van der Waals surface area contributed by atoms with Gasteiger partial charge < -0.3 is 21.5 Å². The van der Waals surface area contributed by atoms with Gasteiger partial charge in [0, 0.05) is 12.1 Å². The number of nitrogens with one attached hydrogen (secondary N) is 1. The van der Waals surface area contributed by atoms with E-state index < -0.39 is 11.4 Å². The highest BCUT2D eigenvalue weighted by molar-refractivity contribution is 5.92. The van der Waals surface area contributed by atoms with Gasteiger partial charge >= 0.3 is 0 Å². The number of rotatable bonds is 8. The van der Waals surface area contributed by atoms with Gasteiger partial charge in [0.05, 0.1) is 18.6 Å². The van der Waals surface area contributed by atoms with E-state index in [1.807, 2.05) is 20.8 Å². The fraction of sp³-hybridized carbons (Fsp3) is 0.500. The molecule has 0 spiro atoms. The van der Waals surface area contributed by atoms with Crippen molar-refractivity contribution in [1.29, 1.82) is 0 Å². The Bertz CT molecular complexity index is 520. The lowest BCUT2D eigenvalue weighted by Crippen LogP contribution is -2.55. The molecule has 0 radical (unpaired) electrons. The molecule has 0 heterocycles. The summed E-state index contributed by atoms with van der Waals surface area (Å²) in [6, 6.07) is 6.47. The Morgan fingerprint density at radius 2 is 1.83 bits per heavy atom. The Morgan fingerprint density at radius 3 is 2.26 bits per heavy atom. The summed E-state index contributed by atoms with van der Waals surface area (Å²) < 4.78 is 5.48. The van der Waals surface area contributed by atoms with Crippen LogP contribution in [0.3, 0.4) is 0 Å². The van der Waals surface area contributed by atoms with Crippen molar-refractivity contribution in [3.63, 3.8) is 0 Å². The Hall–Kier alpha value is -1.79. The number of amides is 2. The first-order valence-electron chi connectivity index (χ1n) is 7.32. The van der Waals surface area contributed by atoms with E-state index in [2.05, 4.69) is 5.32 Å². The third-order valence-corrected chi connectivity index (χ3v) is 3.86. The molecule has 1 aromatic carbocycles. The molecule has 1 aromatic rings. The number of carbonyl (C=O) groups is 2. The van der Waals surface area contributed by atoms with Crippen LogP contribution in [-0.4, -0.2) is 30.5 Å². The number of halogens is 1. The number of hydrogen-bond donors (Lipinski definition) is 3. The zero-order chi connectivity index (χ0) is 16.8. The van der Waals surface area contributed by atoms with Gasteiger partial charge in [0.2, 0.25) is 11.8 Å². The molecule has 7 heteroatoms. The summed E-state index contributed by atoms with van der Waals surface area (Å²) in [6.07, 6.45) is 0.236. The van der Waals surface area contributed by atoms with Crippen molar-refractivity contribution in [2.75, 3.05) is 13.2 Å². The first-order valence-corrected chi connectivity index (χ1v) is 7.32. The lowest BCUT2D eigenvalue weighted by atomic mass is 9.88. The lowest BCUT2D eigenvalue weighted by molar-refractivity contribution is -0.123. The largest absolute Gasteiger partial charge is 0.493 e. The highest BCUT2D eigenvalue weighted by Crippen LogP contribution is 2.15. The van der Waals surface area contributed by atoms with Gasteiger partial charge in [0.15, 0.2) is 0 Å². The van der Waals surface area contributed by atoms with Gasteiger partial charge in [-0.3, -0.25) is 9.59 Å². The predicted octanol–water partition coefficient (Wildman–Crippen LogP) is 1.47. The molecule has 0 fully saturated rings. The number of primary amides is 1. The van der Waals surface area contributed by atoms with Crippen molar-refractivity contribution >= 4 is 24.2 Å². The molecule has 1 rings (SSSR count). The van der Waals surface area contributed by atoms with E-state index >= 15 is 0 Å². The molecule has 5 N–H and O–H groups in total.